The molecule has 2 saturated heterocycles. The van der Waals surface area contributed by atoms with Gasteiger partial charge in [0.25, 0.3) is 5.92 Å². The molecule has 0 amide bonds. The van der Waals surface area contributed by atoms with Crippen molar-refractivity contribution in [2.24, 2.45) is 11.8 Å². The number of aliphatic hydroxyl groups excluding tert-OH is 1. The lowest BCUT2D eigenvalue weighted by Crippen LogP contribution is -2.31. The number of halogens is 2. The van der Waals surface area contributed by atoms with Gasteiger partial charge < -0.3 is 24.1 Å². The standard InChI is InChI=1S/C22H28F2O5/c23-22(24,14-27-15-6-2-1-3-7-15)10-9-16-17-12-20(25)28-19(17)13-18(16)29-21-8-4-5-11-26-21/h1-3,6-7,9-10,16-21,25H,4-5,8,11-14H2/t16-,17-,18-,19+,20?,21?/m1/s1. The average molecular weight is 410 g/mol. The number of hydrogen-bond acceptors (Lipinski definition) is 5. The van der Waals surface area contributed by atoms with Crippen LogP contribution in [-0.2, 0) is 14.2 Å². The summed E-state index contributed by atoms with van der Waals surface area (Å²) in [5.74, 6) is -3.01. The highest BCUT2D eigenvalue weighted by atomic mass is 19.3. The topological polar surface area (TPSA) is 57.2 Å². The Kier molecular flexibility index (Phi) is 6.49. The summed E-state index contributed by atoms with van der Waals surface area (Å²) in [4.78, 5) is 0. The first-order chi connectivity index (χ1) is 14.0. The molecule has 2 heterocycles. The van der Waals surface area contributed by atoms with E-state index in [1.807, 2.05) is 0 Å². The molecule has 0 bridgehead atoms. The molecule has 7 heteroatoms. The van der Waals surface area contributed by atoms with Crippen molar-refractivity contribution in [3.63, 3.8) is 0 Å². The van der Waals surface area contributed by atoms with Crippen LogP contribution in [0.1, 0.15) is 32.1 Å². The lowest BCUT2D eigenvalue weighted by atomic mass is 9.91. The first kappa shape index (κ1) is 20.7. The Hall–Kier alpha value is -1.54. The van der Waals surface area contributed by atoms with Crippen LogP contribution in [0, 0.1) is 11.8 Å². The maximum Gasteiger partial charge on any atom is 0.299 e. The number of para-hydroxylation sites is 1. The Labute approximate surface area is 169 Å². The highest BCUT2D eigenvalue weighted by Gasteiger charge is 2.49. The number of rotatable bonds is 7. The van der Waals surface area contributed by atoms with Crippen molar-refractivity contribution in [1.29, 1.82) is 0 Å². The Morgan fingerprint density at radius 1 is 1.17 bits per heavy atom. The molecular weight excluding hydrogens is 382 g/mol. The summed E-state index contributed by atoms with van der Waals surface area (Å²) in [7, 11) is 0. The van der Waals surface area contributed by atoms with Crippen molar-refractivity contribution >= 4 is 0 Å². The van der Waals surface area contributed by atoms with E-state index in [4.69, 9.17) is 18.9 Å². The zero-order chi connectivity index (χ0) is 20.3. The normalized spacial score (nSPS) is 35.1. The van der Waals surface area contributed by atoms with E-state index in [0.717, 1.165) is 25.3 Å². The smallest absolute Gasteiger partial charge is 0.299 e. The molecule has 3 aliphatic rings. The van der Waals surface area contributed by atoms with Gasteiger partial charge in [0.15, 0.2) is 19.2 Å². The first-order valence-corrected chi connectivity index (χ1v) is 10.4. The second-order valence-electron chi connectivity index (χ2n) is 8.03. The van der Waals surface area contributed by atoms with Crippen molar-refractivity contribution in [2.45, 2.75) is 62.8 Å². The Morgan fingerprint density at radius 3 is 2.76 bits per heavy atom. The molecule has 2 aliphatic heterocycles. The average Bonchev–Trinajstić information content (AvgIpc) is 3.22. The van der Waals surface area contributed by atoms with Gasteiger partial charge >= 0.3 is 0 Å². The fourth-order valence-corrected chi connectivity index (χ4v) is 4.46. The molecule has 0 aromatic heterocycles. The van der Waals surface area contributed by atoms with Gasteiger partial charge in [-0.2, -0.15) is 8.78 Å². The van der Waals surface area contributed by atoms with Crippen LogP contribution < -0.4 is 4.74 Å². The predicted molar refractivity (Wildman–Crippen MR) is 102 cm³/mol. The minimum absolute atomic E-state index is 0.0410. The monoisotopic (exact) mass is 410 g/mol. The minimum atomic E-state index is -3.11. The number of alkyl halides is 2. The van der Waals surface area contributed by atoms with Gasteiger partial charge in [0.05, 0.1) is 12.2 Å². The molecular formula is C22H28F2O5. The van der Waals surface area contributed by atoms with E-state index in [9.17, 15) is 13.9 Å². The van der Waals surface area contributed by atoms with Crippen molar-refractivity contribution in [3.05, 3.63) is 42.5 Å². The maximum absolute atomic E-state index is 14.4. The van der Waals surface area contributed by atoms with E-state index >= 15 is 0 Å². The molecule has 1 aromatic carbocycles. The van der Waals surface area contributed by atoms with Crippen molar-refractivity contribution < 1.29 is 32.8 Å². The van der Waals surface area contributed by atoms with Gasteiger partial charge in [-0.3, -0.25) is 0 Å². The Bertz CT molecular complexity index is 677. The highest BCUT2D eigenvalue weighted by Crippen LogP contribution is 2.45. The van der Waals surface area contributed by atoms with Crippen LogP contribution in [-0.4, -0.2) is 49.0 Å². The first-order valence-electron chi connectivity index (χ1n) is 10.4. The van der Waals surface area contributed by atoms with Gasteiger partial charge in [0, 0.05) is 25.4 Å². The van der Waals surface area contributed by atoms with E-state index in [2.05, 4.69) is 0 Å². The van der Waals surface area contributed by atoms with Gasteiger partial charge in [-0.05, 0) is 43.4 Å². The number of ether oxygens (including phenoxy) is 4. The third-order valence-corrected chi connectivity index (χ3v) is 5.87. The third kappa shape index (κ3) is 5.34. The lowest BCUT2D eigenvalue weighted by Gasteiger charge is -2.29. The van der Waals surface area contributed by atoms with Crippen LogP contribution >= 0.6 is 0 Å². The molecule has 1 aromatic rings. The van der Waals surface area contributed by atoms with Gasteiger partial charge in [0.2, 0.25) is 0 Å². The summed E-state index contributed by atoms with van der Waals surface area (Å²) in [6.07, 6.45) is 4.72. The van der Waals surface area contributed by atoms with Gasteiger partial charge in [-0.1, -0.05) is 24.3 Å². The molecule has 3 fully saturated rings. The molecule has 29 heavy (non-hydrogen) atoms. The molecule has 1 saturated carbocycles. The van der Waals surface area contributed by atoms with E-state index in [-0.39, 0.29) is 30.3 Å². The van der Waals surface area contributed by atoms with Crippen molar-refractivity contribution in [3.8, 4) is 5.75 Å². The van der Waals surface area contributed by atoms with E-state index in [1.165, 1.54) is 6.08 Å². The summed E-state index contributed by atoms with van der Waals surface area (Å²) >= 11 is 0. The van der Waals surface area contributed by atoms with Crippen molar-refractivity contribution in [2.75, 3.05) is 13.2 Å². The molecule has 1 N–H and O–H groups in total. The van der Waals surface area contributed by atoms with Crippen LogP contribution in [0.3, 0.4) is 0 Å². The van der Waals surface area contributed by atoms with Crippen LogP contribution in [0.2, 0.25) is 0 Å². The summed E-state index contributed by atoms with van der Waals surface area (Å²) in [5, 5.41) is 9.82. The predicted octanol–water partition coefficient (Wildman–Crippen LogP) is 3.91. The minimum Gasteiger partial charge on any atom is -0.487 e. The SMILES string of the molecule is OC1C[C@@H]2[C@@H](C=CC(F)(F)COc3ccccc3)[C@H](OC3CCCCO3)C[C@@H]2O1. The van der Waals surface area contributed by atoms with Crippen LogP contribution in [0.15, 0.2) is 42.5 Å². The number of aliphatic hydroxyl groups is 1. The zero-order valence-corrected chi connectivity index (χ0v) is 16.3. The second kappa shape index (κ2) is 9.08. The van der Waals surface area contributed by atoms with Gasteiger partial charge in [0.1, 0.15) is 5.75 Å². The number of benzene rings is 1. The summed E-state index contributed by atoms with van der Waals surface area (Å²) in [5.41, 5.74) is 0. The highest BCUT2D eigenvalue weighted by molar-refractivity contribution is 5.21. The van der Waals surface area contributed by atoms with E-state index in [1.54, 1.807) is 30.3 Å². The molecule has 5 nitrogen and oxygen atoms in total. The molecule has 6 atom stereocenters. The molecule has 0 radical (unpaired) electrons. The number of fused-ring (bicyclic) bond motifs is 1. The Morgan fingerprint density at radius 2 is 2.00 bits per heavy atom. The Balaban J connectivity index is 1.40. The molecule has 0 spiro atoms. The van der Waals surface area contributed by atoms with Gasteiger partial charge in [-0.25, -0.2) is 0 Å². The molecule has 2 unspecified atom stereocenters. The number of hydrogen-bond donors (Lipinski definition) is 1. The van der Waals surface area contributed by atoms with Gasteiger partial charge in [-0.15, -0.1) is 0 Å². The molecule has 1 aliphatic carbocycles. The maximum atomic E-state index is 14.4. The second-order valence-corrected chi connectivity index (χ2v) is 8.03. The van der Waals surface area contributed by atoms with Crippen LogP contribution in [0.25, 0.3) is 0 Å². The fraction of sp³-hybridized carbons (Fsp3) is 0.636. The van der Waals surface area contributed by atoms with Crippen molar-refractivity contribution in [1.82, 2.24) is 0 Å². The molecule has 4 rings (SSSR count). The van der Waals surface area contributed by atoms with E-state index < -0.39 is 18.8 Å². The van der Waals surface area contributed by atoms with E-state index in [0.29, 0.717) is 25.2 Å². The largest absolute Gasteiger partial charge is 0.487 e. The van der Waals surface area contributed by atoms with Crippen LogP contribution in [0.4, 0.5) is 8.78 Å². The van der Waals surface area contributed by atoms with Crippen LogP contribution in [0.5, 0.6) is 5.75 Å². The summed E-state index contributed by atoms with van der Waals surface area (Å²) in [6, 6.07) is 8.57. The summed E-state index contributed by atoms with van der Waals surface area (Å²) in [6.45, 7) is -0.0699. The quantitative estimate of drug-likeness (QED) is 0.691. The third-order valence-electron chi connectivity index (χ3n) is 5.87. The molecule has 160 valence electrons. The lowest BCUT2D eigenvalue weighted by molar-refractivity contribution is -0.196. The zero-order valence-electron chi connectivity index (χ0n) is 16.3. The summed E-state index contributed by atoms with van der Waals surface area (Å²) < 4.78 is 51.4. The fourth-order valence-electron chi connectivity index (χ4n) is 4.46.